The van der Waals surface area contributed by atoms with Gasteiger partial charge in [0.2, 0.25) is 0 Å². The van der Waals surface area contributed by atoms with Gasteiger partial charge in [-0.25, -0.2) is 4.39 Å². The summed E-state index contributed by atoms with van der Waals surface area (Å²) in [6.07, 6.45) is 8.14. The fourth-order valence-corrected chi connectivity index (χ4v) is 3.45. The average Bonchev–Trinajstić information content (AvgIpc) is 2.38. The van der Waals surface area contributed by atoms with Crippen molar-refractivity contribution in [2.24, 2.45) is 11.3 Å². The van der Waals surface area contributed by atoms with Crippen molar-refractivity contribution in [3.05, 3.63) is 29.8 Å². The quantitative estimate of drug-likeness (QED) is 0.882. The van der Waals surface area contributed by atoms with Crippen LogP contribution in [0.25, 0.3) is 0 Å². The van der Waals surface area contributed by atoms with E-state index in [-0.39, 0.29) is 11.9 Å². The number of hydrogen-bond acceptors (Lipinski definition) is 2. The number of aromatic nitrogens is 1. The van der Waals surface area contributed by atoms with Crippen molar-refractivity contribution in [3.63, 3.8) is 0 Å². The first-order chi connectivity index (χ1) is 9.38. The van der Waals surface area contributed by atoms with Gasteiger partial charge in [0.1, 0.15) is 5.82 Å². The molecule has 3 heteroatoms. The second-order valence-electron chi connectivity index (χ2n) is 7.19. The van der Waals surface area contributed by atoms with Crippen LogP contribution in [0, 0.1) is 17.2 Å². The van der Waals surface area contributed by atoms with E-state index in [2.05, 4.69) is 38.0 Å². The Morgan fingerprint density at radius 2 is 1.95 bits per heavy atom. The maximum absolute atomic E-state index is 13.3. The maximum Gasteiger partial charge on any atom is 0.141 e. The minimum atomic E-state index is -0.257. The smallest absolute Gasteiger partial charge is 0.141 e. The Labute approximate surface area is 122 Å². The lowest BCUT2D eigenvalue weighted by molar-refractivity contribution is 0.124. The molecule has 0 aromatic carbocycles. The number of rotatable bonds is 3. The van der Waals surface area contributed by atoms with Crippen LogP contribution in [-0.4, -0.2) is 11.0 Å². The van der Waals surface area contributed by atoms with Crippen LogP contribution in [0.5, 0.6) is 0 Å². The minimum Gasteiger partial charge on any atom is -0.307 e. The van der Waals surface area contributed by atoms with Gasteiger partial charge in [0.15, 0.2) is 0 Å². The van der Waals surface area contributed by atoms with E-state index in [0.717, 1.165) is 5.56 Å². The molecule has 20 heavy (non-hydrogen) atoms. The first kappa shape index (κ1) is 15.4. The molecular formula is C17H27FN2. The highest BCUT2D eigenvalue weighted by molar-refractivity contribution is 5.14. The van der Waals surface area contributed by atoms with Gasteiger partial charge in [-0.05, 0) is 42.7 Å². The van der Waals surface area contributed by atoms with Crippen LogP contribution < -0.4 is 5.32 Å². The zero-order valence-corrected chi connectivity index (χ0v) is 13.1. The van der Waals surface area contributed by atoms with E-state index in [1.165, 1.54) is 31.9 Å². The third-order valence-electron chi connectivity index (χ3n) is 4.57. The molecule has 0 spiro atoms. The van der Waals surface area contributed by atoms with Crippen LogP contribution in [0.3, 0.4) is 0 Å². The summed E-state index contributed by atoms with van der Waals surface area (Å²) in [4.78, 5) is 3.95. The molecule has 2 nitrogen and oxygen atoms in total. The van der Waals surface area contributed by atoms with E-state index in [0.29, 0.717) is 17.4 Å². The Kier molecular flexibility index (Phi) is 4.79. The van der Waals surface area contributed by atoms with Crippen molar-refractivity contribution < 1.29 is 4.39 Å². The lowest BCUT2D eigenvalue weighted by atomic mass is 9.69. The average molecular weight is 278 g/mol. The second kappa shape index (κ2) is 6.21. The molecule has 1 heterocycles. The zero-order valence-electron chi connectivity index (χ0n) is 13.1. The normalized spacial score (nSPS) is 25.4. The van der Waals surface area contributed by atoms with Crippen molar-refractivity contribution in [2.45, 2.75) is 65.5 Å². The minimum absolute atomic E-state index is 0.145. The van der Waals surface area contributed by atoms with E-state index in [1.807, 2.05) is 0 Å². The van der Waals surface area contributed by atoms with Crippen LogP contribution in [0.4, 0.5) is 4.39 Å². The third-order valence-corrected chi connectivity index (χ3v) is 4.57. The van der Waals surface area contributed by atoms with Crippen molar-refractivity contribution in [2.75, 3.05) is 0 Å². The summed E-state index contributed by atoms with van der Waals surface area (Å²) >= 11 is 0. The predicted molar refractivity (Wildman–Crippen MR) is 80.9 cm³/mol. The van der Waals surface area contributed by atoms with E-state index in [4.69, 9.17) is 0 Å². The molecule has 0 saturated heterocycles. The Bertz CT molecular complexity index is 439. The zero-order chi connectivity index (χ0) is 14.8. The first-order valence-corrected chi connectivity index (χ1v) is 7.74. The van der Waals surface area contributed by atoms with Crippen LogP contribution >= 0.6 is 0 Å². The summed E-state index contributed by atoms with van der Waals surface area (Å²) in [6, 6.07) is 2.24. The van der Waals surface area contributed by atoms with E-state index >= 15 is 0 Å². The summed E-state index contributed by atoms with van der Waals surface area (Å²) in [5, 5.41) is 3.71. The van der Waals surface area contributed by atoms with Crippen LogP contribution in [0.1, 0.15) is 65.0 Å². The molecule has 2 rings (SSSR count). The Balaban J connectivity index is 2.07. The molecule has 0 amide bonds. The van der Waals surface area contributed by atoms with Gasteiger partial charge in [-0.2, -0.15) is 0 Å². The number of nitrogens with one attached hydrogen (secondary N) is 1. The van der Waals surface area contributed by atoms with Crippen molar-refractivity contribution in [3.8, 4) is 0 Å². The first-order valence-electron chi connectivity index (χ1n) is 7.74. The number of pyridine rings is 1. The Morgan fingerprint density at radius 3 is 2.60 bits per heavy atom. The summed E-state index contributed by atoms with van der Waals surface area (Å²) in [7, 11) is 0. The molecule has 112 valence electrons. The SMILES string of the molecule is CC(NC1CCCCC1C(C)(C)C)c1cncc(F)c1. The number of halogens is 1. The lowest BCUT2D eigenvalue weighted by Crippen LogP contribution is -2.45. The highest BCUT2D eigenvalue weighted by atomic mass is 19.1. The van der Waals surface area contributed by atoms with Crippen molar-refractivity contribution >= 4 is 0 Å². The number of nitrogens with zero attached hydrogens (tertiary/aromatic N) is 1. The van der Waals surface area contributed by atoms with Gasteiger partial charge in [0.25, 0.3) is 0 Å². The highest BCUT2D eigenvalue weighted by Gasteiger charge is 2.34. The molecule has 0 radical (unpaired) electrons. The summed E-state index contributed by atoms with van der Waals surface area (Å²) in [6.45, 7) is 9.08. The topological polar surface area (TPSA) is 24.9 Å². The fraction of sp³-hybridized carbons (Fsp3) is 0.706. The molecule has 1 aliphatic rings. The van der Waals surface area contributed by atoms with Gasteiger partial charge in [-0.1, -0.05) is 33.6 Å². The molecule has 0 bridgehead atoms. The standard InChI is InChI=1S/C17H27FN2/c1-12(13-9-14(18)11-19-10-13)20-16-8-6-5-7-15(16)17(2,3)4/h9-12,15-16,20H,5-8H2,1-4H3. The molecule has 1 N–H and O–H groups in total. The number of hydrogen-bond donors (Lipinski definition) is 1. The van der Waals surface area contributed by atoms with Crippen LogP contribution in [-0.2, 0) is 0 Å². The maximum atomic E-state index is 13.3. The second-order valence-corrected chi connectivity index (χ2v) is 7.19. The van der Waals surface area contributed by atoms with Gasteiger partial charge in [-0.3, -0.25) is 4.98 Å². The van der Waals surface area contributed by atoms with Gasteiger partial charge < -0.3 is 5.32 Å². The largest absolute Gasteiger partial charge is 0.307 e. The van der Waals surface area contributed by atoms with E-state index < -0.39 is 0 Å². The molecule has 1 aliphatic carbocycles. The molecule has 1 aromatic heterocycles. The van der Waals surface area contributed by atoms with Crippen molar-refractivity contribution in [1.82, 2.24) is 10.3 Å². The molecule has 1 fully saturated rings. The summed E-state index contributed by atoms with van der Waals surface area (Å²) in [5.41, 5.74) is 1.25. The highest BCUT2D eigenvalue weighted by Crippen LogP contribution is 2.38. The summed E-state index contributed by atoms with van der Waals surface area (Å²) < 4.78 is 13.3. The monoisotopic (exact) mass is 278 g/mol. The Hall–Kier alpha value is -0.960. The molecule has 0 aliphatic heterocycles. The van der Waals surface area contributed by atoms with E-state index in [1.54, 1.807) is 12.3 Å². The van der Waals surface area contributed by atoms with E-state index in [9.17, 15) is 4.39 Å². The lowest BCUT2D eigenvalue weighted by Gasteiger charge is -2.42. The fourth-order valence-electron chi connectivity index (χ4n) is 3.45. The van der Waals surface area contributed by atoms with Crippen LogP contribution in [0.15, 0.2) is 18.5 Å². The van der Waals surface area contributed by atoms with Gasteiger partial charge in [0, 0.05) is 18.3 Å². The predicted octanol–water partition coefficient (Wildman–Crippen LogP) is 4.48. The third kappa shape index (κ3) is 3.78. The Morgan fingerprint density at radius 1 is 1.25 bits per heavy atom. The molecule has 1 aromatic rings. The molecular weight excluding hydrogens is 251 g/mol. The molecule has 3 unspecified atom stereocenters. The molecule has 1 saturated carbocycles. The van der Waals surface area contributed by atoms with Gasteiger partial charge in [0.05, 0.1) is 6.20 Å². The van der Waals surface area contributed by atoms with Crippen LogP contribution in [0.2, 0.25) is 0 Å². The van der Waals surface area contributed by atoms with Gasteiger partial charge in [-0.15, -0.1) is 0 Å². The van der Waals surface area contributed by atoms with Gasteiger partial charge >= 0.3 is 0 Å². The molecule has 3 atom stereocenters. The summed E-state index contributed by atoms with van der Waals surface area (Å²) in [5.74, 6) is 0.424. The van der Waals surface area contributed by atoms with Crippen molar-refractivity contribution in [1.29, 1.82) is 0 Å².